The molecule has 0 unspecified atom stereocenters. The van der Waals surface area contributed by atoms with Crippen LogP contribution >= 0.6 is 0 Å². The van der Waals surface area contributed by atoms with Crippen LogP contribution in [-0.2, 0) is 5.41 Å². The van der Waals surface area contributed by atoms with E-state index in [1.54, 1.807) is 0 Å². The first-order valence-corrected chi connectivity index (χ1v) is 21.8. The zero-order chi connectivity index (χ0) is 42.1. The molecule has 2 heteroatoms. The minimum Gasteiger partial charge on any atom is -0.456 e. The molecular weight excluding hydrogens is 763 g/mol. The molecule has 0 amide bonds. The van der Waals surface area contributed by atoms with Crippen LogP contribution in [-0.4, -0.2) is 0 Å². The number of para-hydroxylation sites is 1. The predicted molar refractivity (Wildman–Crippen MR) is 265 cm³/mol. The van der Waals surface area contributed by atoms with E-state index in [4.69, 9.17) is 4.42 Å². The molecule has 0 atom stereocenters. The second-order valence-corrected chi connectivity index (χ2v) is 17.4. The molecule has 1 heterocycles. The molecular formula is C61H43NO. The highest BCUT2D eigenvalue weighted by Crippen LogP contribution is 2.50. The van der Waals surface area contributed by atoms with Gasteiger partial charge in [0.25, 0.3) is 0 Å². The van der Waals surface area contributed by atoms with Gasteiger partial charge in [0.05, 0.1) is 0 Å². The number of rotatable bonds is 7. The van der Waals surface area contributed by atoms with Gasteiger partial charge < -0.3 is 9.32 Å². The van der Waals surface area contributed by atoms with Crippen LogP contribution in [0.15, 0.2) is 229 Å². The van der Waals surface area contributed by atoms with Crippen LogP contribution in [0.2, 0.25) is 0 Å². The highest BCUT2D eigenvalue weighted by atomic mass is 16.3. The third-order valence-corrected chi connectivity index (χ3v) is 13.3. The molecule has 0 aliphatic heterocycles. The van der Waals surface area contributed by atoms with Crippen LogP contribution < -0.4 is 4.90 Å². The molecule has 0 fully saturated rings. The molecule has 298 valence electrons. The summed E-state index contributed by atoms with van der Waals surface area (Å²) in [5.41, 5.74) is 20.0. The topological polar surface area (TPSA) is 16.4 Å². The second-order valence-electron chi connectivity index (χ2n) is 17.4. The Morgan fingerprint density at radius 1 is 0.317 bits per heavy atom. The Hall–Kier alpha value is -7.94. The maximum atomic E-state index is 6.26. The first-order valence-electron chi connectivity index (χ1n) is 21.8. The normalized spacial score (nSPS) is 12.7. The Bertz CT molecular complexity index is 3540. The van der Waals surface area contributed by atoms with Gasteiger partial charge in [-0.3, -0.25) is 0 Å². The average Bonchev–Trinajstić information content (AvgIpc) is 3.83. The standard InChI is InChI=1S/C61H43NO/c1-61(2)57-19-7-5-17-53(57)54-33-27-49(38-58(54)61)42-25-30-51(31-26-42)62(52-32-34-60-56(39-52)55-18-6-8-20-59(55)63-60)50-28-23-41(24-29-50)44-13-9-14-45(35-44)46-15-10-16-47(37-46)48-22-21-40-11-3-4-12-43(40)36-48/h3-39H,1-2H3. The van der Waals surface area contributed by atoms with Gasteiger partial charge in [0, 0.05) is 33.2 Å². The fourth-order valence-corrected chi connectivity index (χ4v) is 9.92. The molecule has 1 aliphatic carbocycles. The third-order valence-electron chi connectivity index (χ3n) is 13.3. The van der Waals surface area contributed by atoms with Gasteiger partial charge in [-0.05, 0) is 150 Å². The number of anilines is 3. The predicted octanol–water partition coefficient (Wildman–Crippen LogP) is 17.2. The average molecular weight is 806 g/mol. The van der Waals surface area contributed by atoms with Crippen LogP contribution in [0.5, 0.6) is 0 Å². The van der Waals surface area contributed by atoms with E-state index in [1.807, 2.05) is 12.1 Å². The summed E-state index contributed by atoms with van der Waals surface area (Å²) < 4.78 is 6.26. The van der Waals surface area contributed by atoms with Crippen molar-refractivity contribution >= 4 is 49.8 Å². The van der Waals surface area contributed by atoms with Crippen LogP contribution in [0, 0.1) is 0 Å². The maximum absolute atomic E-state index is 6.26. The van der Waals surface area contributed by atoms with Crippen molar-refractivity contribution in [2.75, 3.05) is 4.90 Å². The van der Waals surface area contributed by atoms with Gasteiger partial charge in [0.1, 0.15) is 11.2 Å². The van der Waals surface area contributed by atoms with E-state index >= 15 is 0 Å². The summed E-state index contributed by atoms with van der Waals surface area (Å²) in [4.78, 5) is 2.35. The first kappa shape index (κ1) is 36.9. The van der Waals surface area contributed by atoms with Crippen molar-refractivity contribution in [3.63, 3.8) is 0 Å². The van der Waals surface area contributed by atoms with E-state index in [0.29, 0.717) is 0 Å². The van der Waals surface area contributed by atoms with Crippen molar-refractivity contribution in [1.82, 2.24) is 0 Å². The fraction of sp³-hybridized carbons (Fsp3) is 0.0492. The van der Waals surface area contributed by atoms with Crippen molar-refractivity contribution in [3.8, 4) is 55.6 Å². The first-order chi connectivity index (χ1) is 30.9. The highest BCUT2D eigenvalue weighted by Gasteiger charge is 2.35. The molecule has 2 nitrogen and oxygen atoms in total. The molecule has 63 heavy (non-hydrogen) atoms. The number of hydrogen-bond acceptors (Lipinski definition) is 2. The van der Waals surface area contributed by atoms with Crippen LogP contribution in [0.25, 0.3) is 88.3 Å². The summed E-state index contributed by atoms with van der Waals surface area (Å²) in [6, 6.07) is 81.7. The zero-order valence-electron chi connectivity index (χ0n) is 35.2. The summed E-state index contributed by atoms with van der Waals surface area (Å²) in [6.07, 6.45) is 0. The van der Waals surface area contributed by atoms with Crippen molar-refractivity contribution in [1.29, 1.82) is 0 Å². The Labute approximate surface area is 368 Å². The minimum atomic E-state index is -0.0500. The molecule has 1 aromatic heterocycles. The molecule has 12 rings (SSSR count). The van der Waals surface area contributed by atoms with E-state index in [-0.39, 0.29) is 5.41 Å². The number of hydrogen-bond donors (Lipinski definition) is 0. The van der Waals surface area contributed by atoms with Crippen molar-refractivity contribution in [3.05, 3.63) is 236 Å². The second kappa shape index (κ2) is 14.6. The number of fused-ring (bicyclic) bond motifs is 7. The molecule has 0 N–H and O–H groups in total. The quantitative estimate of drug-likeness (QED) is 0.160. The van der Waals surface area contributed by atoms with E-state index in [2.05, 4.69) is 231 Å². The van der Waals surface area contributed by atoms with Crippen LogP contribution in [0.3, 0.4) is 0 Å². The Kier molecular flexibility index (Phi) is 8.55. The molecule has 10 aromatic carbocycles. The maximum Gasteiger partial charge on any atom is 0.135 e. The summed E-state index contributed by atoms with van der Waals surface area (Å²) in [7, 11) is 0. The summed E-state index contributed by atoms with van der Waals surface area (Å²) >= 11 is 0. The molecule has 0 bridgehead atoms. The number of benzene rings is 10. The molecule has 0 radical (unpaired) electrons. The molecule has 0 saturated heterocycles. The molecule has 0 saturated carbocycles. The van der Waals surface area contributed by atoms with E-state index in [9.17, 15) is 0 Å². The van der Waals surface area contributed by atoms with Gasteiger partial charge in [0.2, 0.25) is 0 Å². The Balaban J connectivity index is 0.891. The van der Waals surface area contributed by atoms with Gasteiger partial charge in [0.15, 0.2) is 0 Å². The Morgan fingerprint density at radius 3 is 1.54 bits per heavy atom. The lowest BCUT2D eigenvalue weighted by molar-refractivity contribution is 0.660. The lowest BCUT2D eigenvalue weighted by Crippen LogP contribution is -2.14. The largest absolute Gasteiger partial charge is 0.456 e. The fourth-order valence-electron chi connectivity index (χ4n) is 9.92. The molecule has 1 aliphatic rings. The summed E-state index contributed by atoms with van der Waals surface area (Å²) in [6.45, 7) is 4.69. The van der Waals surface area contributed by atoms with Crippen LogP contribution in [0.4, 0.5) is 17.1 Å². The highest BCUT2D eigenvalue weighted by molar-refractivity contribution is 6.06. The lowest BCUT2D eigenvalue weighted by atomic mass is 9.81. The van der Waals surface area contributed by atoms with E-state index in [1.165, 1.54) is 77.5 Å². The van der Waals surface area contributed by atoms with Gasteiger partial charge in [-0.15, -0.1) is 0 Å². The zero-order valence-corrected chi connectivity index (χ0v) is 35.2. The minimum absolute atomic E-state index is 0.0500. The molecule has 11 aromatic rings. The van der Waals surface area contributed by atoms with Crippen LogP contribution in [0.1, 0.15) is 25.0 Å². The Morgan fingerprint density at radius 2 is 0.825 bits per heavy atom. The summed E-state index contributed by atoms with van der Waals surface area (Å²) in [5.74, 6) is 0. The SMILES string of the molecule is CC1(C)c2ccccc2-c2ccc(-c3ccc(N(c4ccc(-c5cccc(-c6cccc(-c7ccc8ccccc8c7)c6)c5)cc4)c4ccc5oc6ccccc6c5c4)cc3)cc21. The van der Waals surface area contributed by atoms with Gasteiger partial charge in [-0.2, -0.15) is 0 Å². The van der Waals surface area contributed by atoms with E-state index in [0.717, 1.165) is 39.0 Å². The van der Waals surface area contributed by atoms with Gasteiger partial charge in [-0.25, -0.2) is 0 Å². The number of nitrogens with zero attached hydrogens (tertiary/aromatic N) is 1. The lowest BCUT2D eigenvalue weighted by Gasteiger charge is -2.26. The van der Waals surface area contributed by atoms with Crippen molar-refractivity contribution in [2.45, 2.75) is 19.3 Å². The number of furan rings is 1. The van der Waals surface area contributed by atoms with Gasteiger partial charge in [-0.1, -0.05) is 166 Å². The monoisotopic (exact) mass is 805 g/mol. The summed E-state index contributed by atoms with van der Waals surface area (Å²) in [5, 5.41) is 4.73. The molecule has 0 spiro atoms. The van der Waals surface area contributed by atoms with Crippen molar-refractivity contribution in [2.24, 2.45) is 0 Å². The van der Waals surface area contributed by atoms with E-state index < -0.39 is 0 Å². The third kappa shape index (κ3) is 6.34. The van der Waals surface area contributed by atoms with Gasteiger partial charge >= 0.3 is 0 Å². The van der Waals surface area contributed by atoms with Crippen molar-refractivity contribution < 1.29 is 4.42 Å². The smallest absolute Gasteiger partial charge is 0.135 e.